The standard InChI is InChI=1S/C17H19N3O/c1-17(2,3)15(16(21)20-9-8-19-12-20)10-13-4-6-14(11-18)7-5-13/h4-9,12,15H,10H2,1-3H3. The predicted octanol–water partition coefficient (Wildman–Crippen LogP) is 3.30. The maximum Gasteiger partial charge on any atom is 0.235 e. The second-order valence-corrected chi connectivity index (χ2v) is 6.24. The molecule has 2 rings (SSSR count). The Kier molecular flexibility index (Phi) is 4.23. The van der Waals surface area contributed by atoms with E-state index in [1.165, 1.54) is 0 Å². The van der Waals surface area contributed by atoms with Gasteiger partial charge >= 0.3 is 0 Å². The van der Waals surface area contributed by atoms with E-state index in [9.17, 15) is 4.79 Å². The Morgan fingerprint density at radius 1 is 1.33 bits per heavy atom. The second-order valence-electron chi connectivity index (χ2n) is 6.24. The largest absolute Gasteiger partial charge is 0.276 e. The van der Waals surface area contributed by atoms with Gasteiger partial charge in [-0.1, -0.05) is 32.9 Å². The van der Waals surface area contributed by atoms with Crippen molar-refractivity contribution >= 4 is 5.91 Å². The molecule has 2 aromatic rings. The molecule has 0 bridgehead atoms. The van der Waals surface area contributed by atoms with Crippen molar-refractivity contribution in [2.75, 3.05) is 0 Å². The smallest absolute Gasteiger partial charge is 0.235 e. The van der Waals surface area contributed by atoms with E-state index in [0.717, 1.165) is 5.56 Å². The van der Waals surface area contributed by atoms with Gasteiger partial charge in [-0.25, -0.2) is 4.98 Å². The zero-order chi connectivity index (χ0) is 15.5. The van der Waals surface area contributed by atoms with E-state index in [-0.39, 0.29) is 17.2 Å². The van der Waals surface area contributed by atoms with Gasteiger partial charge in [-0.05, 0) is 29.5 Å². The summed E-state index contributed by atoms with van der Waals surface area (Å²) in [4.78, 5) is 16.6. The lowest BCUT2D eigenvalue weighted by Crippen LogP contribution is -2.33. The highest BCUT2D eigenvalue weighted by molar-refractivity contribution is 5.82. The van der Waals surface area contributed by atoms with E-state index in [2.05, 4.69) is 31.8 Å². The third-order valence-corrected chi connectivity index (χ3v) is 3.63. The van der Waals surface area contributed by atoms with Crippen molar-refractivity contribution < 1.29 is 4.79 Å². The number of hydrogen-bond donors (Lipinski definition) is 0. The summed E-state index contributed by atoms with van der Waals surface area (Å²) in [5, 5.41) is 8.84. The highest BCUT2D eigenvalue weighted by Crippen LogP contribution is 2.30. The Hall–Kier alpha value is -2.41. The summed E-state index contributed by atoms with van der Waals surface area (Å²) in [7, 11) is 0. The molecular weight excluding hydrogens is 262 g/mol. The normalized spacial score (nSPS) is 12.7. The minimum Gasteiger partial charge on any atom is -0.276 e. The van der Waals surface area contributed by atoms with E-state index in [1.54, 1.807) is 35.4 Å². The first-order valence-electron chi connectivity index (χ1n) is 6.93. The molecule has 0 fully saturated rings. The highest BCUT2D eigenvalue weighted by atomic mass is 16.2. The van der Waals surface area contributed by atoms with Crippen LogP contribution >= 0.6 is 0 Å². The first kappa shape index (κ1) is 15.0. The fraction of sp³-hybridized carbons (Fsp3) is 0.353. The molecule has 0 saturated carbocycles. The molecule has 0 spiro atoms. The van der Waals surface area contributed by atoms with Crippen LogP contribution in [0, 0.1) is 22.7 Å². The van der Waals surface area contributed by atoms with E-state index in [0.29, 0.717) is 12.0 Å². The molecule has 0 amide bonds. The number of nitrogens with zero attached hydrogens (tertiary/aromatic N) is 3. The molecule has 4 nitrogen and oxygen atoms in total. The van der Waals surface area contributed by atoms with Crippen molar-refractivity contribution in [3.8, 4) is 6.07 Å². The van der Waals surface area contributed by atoms with Crippen molar-refractivity contribution in [3.05, 3.63) is 54.1 Å². The zero-order valence-electron chi connectivity index (χ0n) is 12.6. The summed E-state index contributed by atoms with van der Waals surface area (Å²) in [6, 6.07) is 9.51. The van der Waals surface area contributed by atoms with Crippen molar-refractivity contribution in [1.82, 2.24) is 9.55 Å². The summed E-state index contributed by atoms with van der Waals surface area (Å²) >= 11 is 0. The molecule has 21 heavy (non-hydrogen) atoms. The number of carbonyl (C=O) groups excluding carboxylic acids is 1. The molecule has 1 aromatic heterocycles. The van der Waals surface area contributed by atoms with E-state index in [1.807, 2.05) is 12.1 Å². The minimum atomic E-state index is -0.157. The monoisotopic (exact) mass is 281 g/mol. The Balaban J connectivity index is 2.25. The Morgan fingerprint density at radius 2 is 2.00 bits per heavy atom. The number of carbonyl (C=O) groups is 1. The van der Waals surface area contributed by atoms with Crippen LogP contribution in [0.3, 0.4) is 0 Å². The first-order valence-corrected chi connectivity index (χ1v) is 6.93. The Morgan fingerprint density at radius 3 is 2.48 bits per heavy atom. The van der Waals surface area contributed by atoms with Gasteiger partial charge in [0.25, 0.3) is 0 Å². The SMILES string of the molecule is CC(C)(C)C(Cc1ccc(C#N)cc1)C(=O)n1ccnc1. The first-order chi connectivity index (χ1) is 9.91. The van der Waals surface area contributed by atoms with Crippen LogP contribution in [-0.2, 0) is 6.42 Å². The van der Waals surface area contributed by atoms with E-state index < -0.39 is 0 Å². The molecule has 1 aromatic carbocycles. The summed E-state index contributed by atoms with van der Waals surface area (Å²) in [5.41, 5.74) is 1.53. The fourth-order valence-electron chi connectivity index (χ4n) is 2.28. The van der Waals surface area contributed by atoms with E-state index in [4.69, 9.17) is 5.26 Å². The topological polar surface area (TPSA) is 58.7 Å². The van der Waals surface area contributed by atoms with Gasteiger partial charge in [-0.15, -0.1) is 0 Å². The third-order valence-electron chi connectivity index (χ3n) is 3.63. The Labute approximate surface area is 125 Å². The molecule has 0 aliphatic heterocycles. The number of hydrogen-bond acceptors (Lipinski definition) is 3. The summed E-state index contributed by atoms with van der Waals surface area (Å²) < 4.78 is 1.54. The summed E-state index contributed by atoms with van der Waals surface area (Å²) in [5.74, 6) is -0.107. The van der Waals surface area contributed by atoms with Gasteiger partial charge in [0, 0.05) is 18.3 Å². The summed E-state index contributed by atoms with van der Waals surface area (Å²) in [6.07, 6.45) is 5.48. The molecule has 0 N–H and O–H groups in total. The van der Waals surface area contributed by atoms with E-state index >= 15 is 0 Å². The fourth-order valence-corrected chi connectivity index (χ4v) is 2.28. The molecule has 0 radical (unpaired) electrons. The van der Waals surface area contributed by atoms with Gasteiger partial charge in [-0.3, -0.25) is 9.36 Å². The molecule has 1 atom stereocenters. The van der Waals surface area contributed by atoms with Crippen LogP contribution < -0.4 is 0 Å². The zero-order valence-corrected chi connectivity index (χ0v) is 12.6. The summed E-state index contributed by atoms with van der Waals surface area (Å²) in [6.45, 7) is 6.20. The Bertz CT molecular complexity index is 643. The van der Waals surface area contributed by atoms with Crippen LogP contribution in [0.4, 0.5) is 0 Å². The van der Waals surface area contributed by atoms with Crippen molar-refractivity contribution in [2.45, 2.75) is 27.2 Å². The van der Waals surface area contributed by atoms with Crippen LogP contribution in [0.15, 0.2) is 43.0 Å². The minimum absolute atomic E-state index is 0.0457. The third kappa shape index (κ3) is 3.57. The van der Waals surface area contributed by atoms with Gasteiger partial charge in [0.05, 0.1) is 11.6 Å². The molecule has 0 aliphatic carbocycles. The van der Waals surface area contributed by atoms with Crippen LogP contribution in [-0.4, -0.2) is 15.5 Å². The van der Waals surface area contributed by atoms with Crippen LogP contribution in [0.5, 0.6) is 0 Å². The van der Waals surface area contributed by atoms with Gasteiger partial charge in [-0.2, -0.15) is 5.26 Å². The van der Waals surface area contributed by atoms with Crippen molar-refractivity contribution in [1.29, 1.82) is 5.26 Å². The van der Waals surface area contributed by atoms with Gasteiger partial charge in [0.15, 0.2) is 0 Å². The lowest BCUT2D eigenvalue weighted by molar-refractivity contribution is 0.0724. The maximum absolute atomic E-state index is 12.7. The van der Waals surface area contributed by atoms with Crippen LogP contribution in [0.1, 0.15) is 36.7 Å². The molecule has 1 unspecified atom stereocenters. The molecule has 108 valence electrons. The average Bonchev–Trinajstić information content (AvgIpc) is 2.97. The van der Waals surface area contributed by atoms with Crippen LogP contribution in [0.2, 0.25) is 0 Å². The van der Waals surface area contributed by atoms with Crippen LogP contribution in [0.25, 0.3) is 0 Å². The van der Waals surface area contributed by atoms with Gasteiger partial charge < -0.3 is 0 Å². The molecule has 4 heteroatoms. The average molecular weight is 281 g/mol. The predicted molar refractivity (Wildman–Crippen MR) is 80.7 cm³/mol. The number of nitriles is 1. The van der Waals surface area contributed by atoms with Gasteiger partial charge in [0.2, 0.25) is 5.91 Å². The number of benzene rings is 1. The lowest BCUT2D eigenvalue weighted by atomic mass is 9.76. The molecule has 0 aliphatic rings. The lowest BCUT2D eigenvalue weighted by Gasteiger charge is -2.29. The molecule has 1 heterocycles. The quantitative estimate of drug-likeness (QED) is 0.867. The second kappa shape index (κ2) is 5.92. The van der Waals surface area contributed by atoms with Crippen molar-refractivity contribution in [3.63, 3.8) is 0 Å². The number of imidazole rings is 1. The molecular formula is C17H19N3O. The maximum atomic E-state index is 12.7. The number of rotatable bonds is 3. The van der Waals surface area contributed by atoms with Crippen molar-refractivity contribution in [2.24, 2.45) is 11.3 Å². The highest BCUT2D eigenvalue weighted by Gasteiger charge is 2.32. The molecule has 0 saturated heterocycles. The number of aromatic nitrogens is 2. The van der Waals surface area contributed by atoms with Gasteiger partial charge in [0.1, 0.15) is 6.33 Å².